The van der Waals surface area contributed by atoms with Gasteiger partial charge in [-0.3, -0.25) is 0 Å². The van der Waals surface area contributed by atoms with Gasteiger partial charge in [-0.15, -0.1) is 0 Å². The highest BCUT2D eigenvalue weighted by Gasteiger charge is 2.66. The summed E-state index contributed by atoms with van der Waals surface area (Å²) in [7, 11) is -4.33. The number of nitrogens with zero attached hydrogens (tertiary/aromatic N) is 3. The molecule has 0 N–H and O–H groups in total. The summed E-state index contributed by atoms with van der Waals surface area (Å²) < 4.78 is 93.2. The van der Waals surface area contributed by atoms with Crippen molar-refractivity contribution in [3.63, 3.8) is 0 Å². The maximum atomic E-state index is 13.5. The standard InChI is InChI=1S/C14H8BrF4N3O5S/c1-5-11(6(2)27-21-5)28(23,24)22-8-4-10-9(3-7(8)20-12(22)15)25-13(16,17)14(18,19)26-10/h3-4H,1-2H3. The molecule has 28 heavy (non-hydrogen) atoms. The fourth-order valence-electron chi connectivity index (χ4n) is 2.75. The predicted octanol–water partition coefficient (Wildman–Crippen LogP) is 3.60. The molecule has 14 heteroatoms. The van der Waals surface area contributed by atoms with Crippen molar-refractivity contribution in [2.45, 2.75) is 31.0 Å². The molecule has 0 radical (unpaired) electrons. The molecule has 1 aliphatic heterocycles. The van der Waals surface area contributed by atoms with Crippen LogP contribution in [0.1, 0.15) is 11.5 Å². The molecule has 1 aliphatic rings. The third-order valence-electron chi connectivity index (χ3n) is 3.92. The maximum Gasteiger partial charge on any atom is 0.507 e. The highest BCUT2D eigenvalue weighted by atomic mass is 79.9. The summed E-state index contributed by atoms with van der Waals surface area (Å²) >= 11 is 2.98. The number of hydrogen-bond acceptors (Lipinski definition) is 7. The van der Waals surface area contributed by atoms with Gasteiger partial charge in [-0.2, -0.15) is 17.6 Å². The van der Waals surface area contributed by atoms with Crippen molar-refractivity contribution < 1.29 is 40.0 Å². The van der Waals surface area contributed by atoms with Gasteiger partial charge in [0.05, 0.1) is 11.0 Å². The zero-order chi connectivity index (χ0) is 20.6. The van der Waals surface area contributed by atoms with Crippen LogP contribution >= 0.6 is 15.9 Å². The summed E-state index contributed by atoms with van der Waals surface area (Å²) in [4.78, 5) is 3.67. The summed E-state index contributed by atoms with van der Waals surface area (Å²) in [5, 5.41) is 3.58. The van der Waals surface area contributed by atoms with E-state index in [9.17, 15) is 26.0 Å². The summed E-state index contributed by atoms with van der Waals surface area (Å²) in [6.07, 6.45) is -9.85. The first-order chi connectivity index (χ1) is 12.8. The number of halogens is 5. The Labute approximate surface area is 162 Å². The lowest BCUT2D eigenvalue weighted by atomic mass is 10.2. The van der Waals surface area contributed by atoms with E-state index in [-0.39, 0.29) is 32.1 Å². The topological polar surface area (TPSA) is 96.5 Å². The largest absolute Gasteiger partial charge is 0.507 e. The quantitative estimate of drug-likeness (QED) is 0.511. The zero-order valence-corrected chi connectivity index (χ0v) is 16.2. The Morgan fingerprint density at radius 1 is 1.07 bits per heavy atom. The average molecular weight is 486 g/mol. The second-order valence-corrected chi connectivity index (χ2v) is 8.26. The molecule has 3 aromatic rings. The predicted molar refractivity (Wildman–Crippen MR) is 87.1 cm³/mol. The van der Waals surface area contributed by atoms with Crippen LogP contribution in [0.25, 0.3) is 11.0 Å². The molecule has 3 heterocycles. The van der Waals surface area contributed by atoms with Crippen molar-refractivity contribution in [3.8, 4) is 11.5 Å². The van der Waals surface area contributed by atoms with Gasteiger partial charge in [0.2, 0.25) is 0 Å². The second kappa shape index (κ2) is 5.59. The fraction of sp³-hybridized carbons (Fsp3) is 0.286. The van der Waals surface area contributed by atoms with Crippen LogP contribution in [0.2, 0.25) is 0 Å². The molecule has 0 unspecified atom stereocenters. The van der Waals surface area contributed by atoms with E-state index in [1.54, 1.807) is 0 Å². The normalized spacial score (nSPS) is 17.8. The van der Waals surface area contributed by atoms with Crippen molar-refractivity contribution in [1.82, 2.24) is 14.1 Å². The molecule has 0 saturated carbocycles. The number of benzene rings is 1. The van der Waals surface area contributed by atoms with Crippen molar-refractivity contribution in [3.05, 3.63) is 28.3 Å². The van der Waals surface area contributed by atoms with Crippen molar-refractivity contribution in [1.29, 1.82) is 0 Å². The molecule has 0 bridgehead atoms. The molecule has 150 valence electrons. The molecular formula is C14H8BrF4N3O5S. The lowest BCUT2D eigenvalue weighted by molar-refractivity contribution is -0.391. The van der Waals surface area contributed by atoms with Crippen LogP contribution in [0.4, 0.5) is 17.6 Å². The van der Waals surface area contributed by atoms with Crippen LogP contribution in [-0.2, 0) is 10.0 Å². The van der Waals surface area contributed by atoms with E-state index < -0.39 is 33.7 Å². The molecule has 0 fully saturated rings. The number of alkyl halides is 4. The lowest BCUT2D eigenvalue weighted by Gasteiger charge is -2.31. The highest BCUT2D eigenvalue weighted by Crippen LogP contribution is 2.48. The molecule has 2 aromatic heterocycles. The number of rotatable bonds is 2. The third-order valence-corrected chi connectivity index (χ3v) is 6.64. The average Bonchev–Trinajstić information content (AvgIpc) is 3.04. The van der Waals surface area contributed by atoms with E-state index in [0.717, 1.165) is 12.1 Å². The molecule has 1 aromatic carbocycles. The molecule has 0 aliphatic carbocycles. The lowest BCUT2D eigenvalue weighted by Crippen LogP contribution is -2.52. The Morgan fingerprint density at radius 3 is 2.18 bits per heavy atom. The van der Waals surface area contributed by atoms with Gasteiger partial charge in [0.1, 0.15) is 5.69 Å². The van der Waals surface area contributed by atoms with E-state index in [2.05, 4.69) is 35.5 Å². The van der Waals surface area contributed by atoms with E-state index in [1.807, 2.05) is 0 Å². The highest BCUT2D eigenvalue weighted by molar-refractivity contribution is 9.10. The zero-order valence-electron chi connectivity index (χ0n) is 13.8. The van der Waals surface area contributed by atoms with Crippen LogP contribution in [0.3, 0.4) is 0 Å². The van der Waals surface area contributed by atoms with E-state index >= 15 is 0 Å². The van der Waals surface area contributed by atoms with Crippen LogP contribution < -0.4 is 9.47 Å². The molecular weight excluding hydrogens is 478 g/mol. The van der Waals surface area contributed by atoms with E-state index in [1.165, 1.54) is 13.8 Å². The second-order valence-electron chi connectivity index (χ2n) is 5.83. The minimum absolute atomic E-state index is 0.00466. The number of hydrogen-bond donors (Lipinski definition) is 0. The van der Waals surface area contributed by atoms with E-state index in [0.29, 0.717) is 3.97 Å². The first kappa shape index (κ1) is 19.0. The number of imidazole rings is 1. The smallest absolute Gasteiger partial charge is 0.421 e. The van der Waals surface area contributed by atoms with Gasteiger partial charge in [-0.25, -0.2) is 17.4 Å². The summed E-state index contributed by atoms with van der Waals surface area (Å²) in [5.41, 5.74) is -0.268. The summed E-state index contributed by atoms with van der Waals surface area (Å²) in [6, 6.07) is 1.69. The minimum Gasteiger partial charge on any atom is -0.421 e. The molecule has 4 rings (SSSR count). The monoisotopic (exact) mass is 485 g/mol. The Morgan fingerprint density at radius 2 is 1.64 bits per heavy atom. The Kier molecular flexibility index (Phi) is 3.79. The van der Waals surface area contributed by atoms with Crippen molar-refractivity contribution in [2.75, 3.05) is 0 Å². The van der Waals surface area contributed by atoms with Gasteiger partial charge >= 0.3 is 12.2 Å². The van der Waals surface area contributed by atoms with Gasteiger partial charge in [0, 0.05) is 12.1 Å². The minimum atomic E-state index is -4.95. The SMILES string of the molecule is Cc1noc(C)c1S(=O)(=O)n1c(Br)nc2cc3c(cc21)OC(F)(F)C(F)(F)O3. The maximum absolute atomic E-state index is 13.5. The molecule has 0 atom stereocenters. The van der Waals surface area contributed by atoms with Crippen LogP contribution in [-0.4, -0.2) is 34.7 Å². The number of ether oxygens (including phenoxy) is 2. The van der Waals surface area contributed by atoms with E-state index in [4.69, 9.17) is 4.52 Å². The van der Waals surface area contributed by atoms with Gasteiger partial charge in [-0.1, -0.05) is 5.16 Å². The van der Waals surface area contributed by atoms with Crippen molar-refractivity contribution in [2.24, 2.45) is 0 Å². The third kappa shape index (κ3) is 2.50. The fourth-order valence-corrected chi connectivity index (χ4v) is 5.34. The summed E-state index contributed by atoms with van der Waals surface area (Å²) in [5.74, 6) is -1.49. The van der Waals surface area contributed by atoms with Gasteiger partial charge in [-0.05, 0) is 29.8 Å². The first-order valence-corrected chi connectivity index (χ1v) is 9.62. The Balaban J connectivity index is 1.97. The van der Waals surface area contributed by atoms with Crippen LogP contribution in [0.5, 0.6) is 11.5 Å². The number of aryl methyl sites for hydroxylation is 2. The van der Waals surface area contributed by atoms with Gasteiger partial charge < -0.3 is 14.0 Å². The Bertz CT molecular complexity index is 1220. The molecule has 0 amide bonds. The number of aromatic nitrogens is 3. The molecule has 0 spiro atoms. The summed E-state index contributed by atoms with van der Waals surface area (Å²) in [6.45, 7) is 2.78. The van der Waals surface area contributed by atoms with Gasteiger partial charge in [0.15, 0.2) is 26.9 Å². The Hall–Kier alpha value is -2.35. The van der Waals surface area contributed by atoms with Crippen LogP contribution in [0.15, 0.2) is 26.3 Å². The van der Waals surface area contributed by atoms with Crippen LogP contribution in [0, 0.1) is 13.8 Å². The first-order valence-electron chi connectivity index (χ1n) is 7.39. The molecule has 0 saturated heterocycles. The van der Waals surface area contributed by atoms with Crippen molar-refractivity contribution >= 4 is 37.0 Å². The molecule has 8 nitrogen and oxygen atoms in total. The number of fused-ring (bicyclic) bond motifs is 2. The van der Waals surface area contributed by atoms with Gasteiger partial charge in [0.25, 0.3) is 10.0 Å².